The summed E-state index contributed by atoms with van der Waals surface area (Å²) in [5.41, 5.74) is 10.3. The Bertz CT molecular complexity index is 3200. The molecule has 0 spiro atoms. The van der Waals surface area contributed by atoms with Gasteiger partial charge in [-0.3, -0.25) is 28.6 Å². The van der Waals surface area contributed by atoms with Crippen molar-refractivity contribution in [2.45, 2.75) is 104 Å². The fourth-order valence-electron chi connectivity index (χ4n) is 10.2. The van der Waals surface area contributed by atoms with Gasteiger partial charge in [0, 0.05) is 71.1 Å². The van der Waals surface area contributed by atoms with E-state index in [9.17, 15) is 19.5 Å². The Morgan fingerprint density at radius 3 is 2.42 bits per heavy atom. The summed E-state index contributed by atoms with van der Waals surface area (Å²) in [6.07, 6.45) is 5.47. The Balaban J connectivity index is 0.796. The van der Waals surface area contributed by atoms with Crippen molar-refractivity contribution in [3.63, 3.8) is 0 Å². The number of aliphatic imine (C=N–C) groups is 1. The number of aromatic nitrogens is 7. The number of thiophene rings is 1. The number of nitrogens with zero attached hydrogens (tertiary/aromatic N) is 10. The van der Waals surface area contributed by atoms with Gasteiger partial charge in [-0.2, -0.15) is 5.10 Å². The lowest BCUT2D eigenvalue weighted by Crippen LogP contribution is -2.49. The number of nitrogens with one attached hydrogen (secondary N) is 2. The molecule has 0 saturated carbocycles. The van der Waals surface area contributed by atoms with Crippen molar-refractivity contribution < 1.29 is 19.5 Å². The number of amides is 3. The second kappa shape index (κ2) is 20.1. The largest absolute Gasteiger partial charge is 0.391 e. The lowest BCUT2D eigenvalue weighted by Gasteiger charge is -2.30. The predicted molar refractivity (Wildman–Crippen MR) is 281 cm³/mol. The van der Waals surface area contributed by atoms with Crippen LogP contribution in [-0.2, 0) is 14.4 Å². The zero-order chi connectivity index (χ0) is 50.5. The van der Waals surface area contributed by atoms with Crippen LogP contribution in [-0.4, -0.2) is 106 Å². The number of thiazole rings is 1. The summed E-state index contributed by atoms with van der Waals surface area (Å²) in [7, 11) is 0. The number of hydrogen-bond donors (Lipinski definition) is 3. The number of aryl methyl sites for hydroxylation is 3. The third-order valence-corrected chi connectivity index (χ3v) is 16.5. The van der Waals surface area contributed by atoms with Gasteiger partial charge in [0.25, 0.3) is 0 Å². The Kier molecular flexibility index (Phi) is 13.7. The molecule has 1 unspecified atom stereocenters. The Labute approximate surface area is 431 Å². The van der Waals surface area contributed by atoms with Crippen molar-refractivity contribution in [3.05, 3.63) is 134 Å². The average Bonchev–Trinajstić information content (AvgIpc) is 4.24. The third-order valence-electron chi connectivity index (χ3n) is 14.1. The summed E-state index contributed by atoms with van der Waals surface area (Å²) in [4.78, 5) is 62.7. The molecule has 2 fully saturated rings. The minimum Gasteiger partial charge on any atom is -0.391 e. The lowest BCUT2D eigenvalue weighted by molar-refractivity contribution is -0.142. The Morgan fingerprint density at radius 2 is 1.68 bits per heavy atom. The van der Waals surface area contributed by atoms with E-state index in [4.69, 9.17) is 26.7 Å². The Hall–Kier alpha value is -6.60. The molecule has 372 valence electrons. The van der Waals surface area contributed by atoms with Crippen LogP contribution in [0.25, 0.3) is 26.6 Å². The molecule has 3 amide bonds. The monoisotopic (exact) mass is 1020 g/mol. The van der Waals surface area contributed by atoms with E-state index in [1.165, 1.54) is 9.78 Å². The van der Waals surface area contributed by atoms with Crippen LogP contribution in [0.15, 0.2) is 89.8 Å². The number of hydrogen-bond acceptors (Lipinski definition) is 13. The van der Waals surface area contributed by atoms with Crippen molar-refractivity contribution in [1.82, 2.24) is 50.0 Å². The van der Waals surface area contributed by atoms with Crippen molar-refractivity contribution in [1.29, 1.82) is 0 Å². The number of likely N-dealkylation sites (tertiary alicyclic amines) is 1. The van der Waals surface area contributed by atoms with Crippen molar-refractivity contribution >= 4 is 63.5 Å². The van der Waals surface area contributed by atoms with E-state index in [1.54, 1.807) is 39.7 Å². The molecule has 2 aromatic carbocycles. The van der Waals surface area contributed by atoms with Gasteiger partial charge in [0.1, 0.15) is 34.8 Å². The van der Waals surface area contributed by atoms with Gasteiger partial charge in [0.2, 0.25) is 17.7 Å². The maximum Gasteiger partial charge on any atom is 0.248 e. The van der Waals surface area contributed by atoms with Crippen LogP contribution in [0.2, 0.25) is 5.02 Å². The summed E-state index contributed by atoms with van der Waals surface area (Å²) in [6, 6.07) is 17.0. The van der Waals surface area contributed by atoms with Crippen molar-refractivity contribution in [3.8, 4) is 26.6 Å². The number of carbonyl (C=O) groups excluding carboxylic acids is 3. The standard InChI is InChI=1S/C53H57ClN12O4S2/c1-28(2)48(52(70)64-26-41(67)21-43(64)51(69)58-30(4)34-8-10-36(11-9-34)49-31(5)56-27-71-49)65-24-38(23-57-65)37-16-18-55-44(20-37)63-19-17-40(25-63)59-45(68)22-42-50-62-61-33(7)66(50)53-46(29(3)32(6)72-53)47(60-42)35-12-14-39(54)15-13-35/h8-16,18,20,23-24,27-28,30,40-43,48,67H,17,19,21-22,25-26H2,1-7H3,(H,58,69)(H,59,68)/t30?,40-,41+,42-,43-,48+/m0/s1. The molecule has 0 bridgehead atoms. The van der Waals surface area contributed by atoms with E-state index in [0.717, 1.165) is 78.3 Å². The minimum absolute atomic E-state index is 0.0501. The highest BCUT2D eigenvalue weighted by molar-refractivity contribution is 7.15. The second-order valence-electron chi connectivity index (χ2n) is 19.4. The van der Waals surface area contributed by atoms with Crippen LogP contribution in [0.1, 0.15) is 103 Å². The number of aliphatic hydroxyl groups excluding tert-OH is 1. The molecule has 3 aliphatic rings. The molecule has 3 aliphatic heterocycles. The van der Waals surface area contributed by atoms with E-state index in [0.29, 0.717) is 23.9 Å². The molecule has 6 atom stereocenters. The van der Waals surface area contributed by atoms with Gasteiger partial charge in [-0.15, -0.1) is 32.9 Å². The van der Waals surface area contributed by atoms with Gasteiger partial charge < -0.3 is 25.5 Å². The van der Waals surface area contributed by atoms with Crippen LogP contribution in [0.3, 0.4) is 0 Å². The highest BCUT2D eigenvalue weighted by Gasteiger charge is 2.43. The van der Waals surface area contributed by atoms with Gasteiger partial charge in [-0.1, -0.05) is 61.8 Å². The highest BCUT2D eigenvalue weighted by Crippen LogP contribution is 2.40. The summed E-state index contributed by atoms with van der Waals surface area (Å²) >= 11 is 9.57. The van der Waals surface area contributed by atoms with Crippen molar-refractivity contribution in [2.24, 2.45) is 10.9 Å². The first-order valence-corrected chi connectivity index (χ1v) is 26.4. The molecule has 5 aromatic heterocycles. The zero-order valence-corrected chi connectivity index (χ0v) is 43.6. The first-order chi connectivity index (χ1) is 34.6. The molecule has 7 aromatic rings. The van der Waals surface area contributed by atoms with Crippen LogP contribution in [0.5, 0.6) is 0 Å². The van der Waals surface area contributed by atoms with Crippen LogP contribution < -0.4 is 15.5 Å². The number of aliphatic hydroxyl groups is 1. The van der Waals surface area contributed by atoms with Gasteiger partial charge in [0.15, 0.2) is 5.82 Å². The molecule has 8 heterocycles. The molecular formula is C53H57ClN12O4S2. The molecule has 72 heavy (non-hydrogen) atoms. The normalized spacial score (nSPS) is 19.4. The van der Waals surface area contributed by atoms with E-state index in [-0.39, 0.29) is 55.1 Å². The number of halogens is 1. The van der Waals surface area contributed by atoms with Crippen molar-refractivity contribution in [2.75, 3.05) is 24.5 Å². The SMILES string of the molecule is Cc1ncsc1-c1ccc(C(C)NC(=O)[C@@H]2C[C@@H](O)CN2C(=O)[C@@H](C(C)C)n2cc(-c3ccnc(N4CC[C@H](NC(=O)C[C@@H]5N=C(c6ccc(Cl)cc6)c6c(sc(C)c6C)-n6c(C)nnc65)C4)c3)cn2)cc1. The predicted octanol–water partition coefficient (Wildman–Crippen LogP) is 8.31. The number of rotatable bonds is 13. The first-order valence-electron chi connectivity index (χ1n) is 24.3. The van der Waals surface area contributed by atoms with E-state index in [1.807, 2.05) is 107 Å². The first kappa shape index (κ1) is 49.0. The maximum absolute atomic E-state index is 14.5. The highest BCUT2D eigenvalue weighted by atomic mass is 35.5. The number of benzene rings is 2. The summed E-state index contributed by atoms with van der Waals surface area (Å²) in [5, 5.41) is 32.6. The number of pyridine rings is 1. The van der Waals surface area contributed by atoms with Crippen LogP contribution in [0.4, 0.5) is 5.82 Å². The summed E-state index contributed by atoms with van der Waals surface area (Å²) in [5.74, 6) is 1.22. The molecule has 3 N–H and O–H groups in total. The quantitative estimate of drug-likeness (QED) is 0.101. The lowest BCUT2D eigenvalue weighted by atomic mass is 9.99. The second-order valence-corrected chi connectivity index (χ2v) is 21.9. The smallest absolute Gasteiger partial charge is 0.248 e. The third kappa shape index (κ3) is 9.60. The molecule has 0 aliphatic carbocycles. The van der Waals surface area contributed by atoms with Crippen LogP contribution >= 0.6 is 34.3 Å². The number of β-amino-alcohol motifs (C(OH)–C–C–N with tert-alkyl or cyclic N) is 1. The Morgan fingerprint density at radius 1 is 0.917 bits per heavy atom. The topological polar surface area (TPSA) is 189 Å². The van der Waals surface area contributed by atoms with Gasteiger partial charge in [-0.05, 0) is 93.5 Å². The van der Waals surface area contributed by atoms with Crippen LogP contribution in [0, 0.1) is 33.6 Å². The fraction of sp³-hybridized carbons (Fsp3) is 0.377. The van der Waals surface area contributed by atoms with E-state index in [2.05, 4.69) is 49.1 Å². The number of fused-ring (bicyclic) bond motifs is 3. The minimum atomic E-state index is -0.838. The fourth-order valence-corrected chi connectivity index (χ4v) is 12.3. The average molecular weight is 1030 g/mol. The molecular weight excluding hydrogens is 968 g/mol. The van der Waals surface area contributed by atoms with Gasteiger partial charge in [0.05, 0.1) is 46.6 Å². The summed E-state index contributed by atoms with van der Waals surface area (Å²) < 4.78 is 3.72. The molecule has 16 nitrogen and oxygen atoms in total. The molecule has 2 saturated heterocycles. The number of carbonyl (C=O) groups is 3. The maximum atomic E-state index is 14.5. The molecule has 10 rings (SSSR count). The van der Waals surface area contributed by atoms with E-state index >= 15 is 0 Å². The number of anilines is 1. The van der Waals surface area contributed by atoms with Gasteiger partial charge >= 0.3 is 0 Å². The summed E-state index contributed by atoms with van der Waals surface area (Å²) in [6.45, 7) is 15.2. The van der Waals surface area contributed by atoms with E-state index < -0.39 is 24.2 Å². The molecule has 0 radical (unpaired) electrons. The zero-order valence-electron chi connectivity index (χ0n) is 41.2. The molecule has 19 heteroatoms. The van der Waals surface area contributed by atoms with Gasteiger partial charge in [-0.25, -0.2) is 9.97 Å².